The van der Waals surface area contributed by atoms with E-state index in [1.165, 1.54) is 24.3 Å². The monoisotopic (exact) mass is 392 g/mol. The van der Waals surface area contributed by atoms with E-state index in [0.29, 0.717) is 6.42 Å². The second-order valence-electron chi connectivity index (χ2n) is 5.81. The predicted octanol–water partition coefficient (Wildman–Crippen LogP) is 2.96. The molecule has 0 atom stereocenters. The molecule has 0 unspecified atom stereocenters. The average molecular weight is 392 g/mol. The molecule has 27 heavy (non-hydrogen) atoms. The van der Waals surface area contributed by atoms with Crippen LogP contribution in [0.25, 0.3) is 0 Å². The third-order valence-corrected chi connectivity index (χ3v) is 4.93. The third-order valence-electron chi connectivity index (χ3n) is 3.71. The number of carbonyl (C=O) groups excluding carboxylic acids is 1. The summed E-state index contributed by atoms with van der Waals surface area (Å²) in [7, 11) is -3.90. The summed E-state index contributed by atoms with van der Waals surface area (Å²) in [5.41, 5.74) is 1.65. The first-order valence-corrected chi connectivity index (χ1v) is 9.86. The number of hydrazone groups is 1. The number of carbonyl (C=O) groups is 1. The van der Waals surface area contributed by atoms with Crippen LogP contribution < -0.4 is 4.83 Å². The van der Waals surface area contributed by atoms with Gasteiger partial charge in [-0.1, -0.05) is 29.8 Å². The molecule has 144 valence electrons. The zero-order valence-electron chi connectivity index (χ0n) is 15.1. The fourth-order valence-corrected chi connectivity index (χ4v) is 3.05. The summed E-state index contributed by atoms with van der Waals surface area (Å²) in [6.07, 6.45) is 0.519. The van der Waals surface area contributed by atoms with Gasteiger partial charge in [0.25, 0.3) is 10.0 Å². The van der Waals surface area contributed by atoms with Gasteiger partial charge in [0.15, 0.2) is 0 Å². The molecule has 2 aromatic rings. The highest BCUT2D eigenvalue weighted by Crippen LogP contribution is 2.11. The number of esters is 1. The zero-order chi connectivity index (χ0) is 19.9. The number of sulfonamides is 1. The van der Waals surface area contributed by atoms with Crippen molar-refractivity contribution in [2.75, 3.05) is 6.61 Å². The first kappa shape index (κ1) is 20.6. The number of hydrogen-bond acceptors (Lipinski definition) is 5. The molecule has 0 amide bonds. The second kappa shape index (κ2) is 9.27. The Morgan fingerprint density at radius 3 is 2.33 bits per heavy atom. The maximum Gasteiger partial charge on any atom is 0.354 e. The Balaban J connectivity index is 2.15. The maximum atomic E-state index is 13.0. The summed E-state index contributed by atoms with van der Waals surface area (Å²) in [5.74, 6) is -1.06. The van der Waals surface area contributed by atoms with Crippen LogP contribution in [0.5, 0.6) is 0 Å². The lowest BCUT2D eigenvalue weighted by molar-refractivity contribution is -0.135. The Bertz CT molecular complexity index is 908. The lowest BCUT2D eigenvalue weighted by Crippen LogP contribution is -2.25. The molecule has 2 rings (SSSR count). The summed E-state index contributed by atoms with van der Waals surface area (Å²) >= 11 is 0. The Hall–Kier alpha value is -2.74. The lowest BCUT2D eigenvalue weighted by atomic mass is 10.1. The molecule has 8 heteroatoms. The average Bonchev–Trinajstić information content (AvgIpc) is 2.63. The van der Waals surface area contributed by atoms with Crippen LogP contribution in [0, 0.1) is 12.7 Å². The highest BCUT2D eigenvalue weighted by molar-refractivity contribution is 7.89. The predicted molar refractivity (Wildman–Crippen MR) is 100 cm³/mol. The first-order chi connectivity index (χ1) is 12.8. The highest BCUT2D eigenvalue weighted by Gasteiger charge is 2.17. The number of hydrogen-bond donors (Lipinski definition) is 1. The van der Waals surface area contributed by atoms with Crippen molar-refractivity contribution >= 4 is 21.7 Å². The van der Waals surface area contributed by atoms with Gasteiger partial charge in [-0.3, -0.25) is 0 Å². The maximum absolute atomic E-state index is 13.0. The van der Waals surface area contributed by atoms with Crippen molar-refractivity contribution in [3.63, 3.8) is 0 Å². The molecule has 1 N–H and O–H groups in total. The number of halogens is 1. The van der Waals surface area contributed by atoms with Crippen molar-refractivity contribution in [1.82, 2.24) is 4.83 Å². The van der Waals surface area contributed by atoms with Crippen molar-refractivity contribution in [2.45, 2.75) is 31.6 Å². The van der Waals surface area contributed by atoms with Gasteiger partial charge in [0.1, 0.15) is 11.5 Å². The van der Waals surface area contributed by atoms with Gasteiger partial charge < -0.3 is 4.74 Å². The summed E-state index contributed by atoms with van der Waals surface area (Å²) in [4.78, 5) is 14.2. The molecule has 0 aromatic heterocycles. The summed E-state index contributed by atoms with van der Waals surface area (Å²) in [6.45, 7) is 3.63. The van der Waals surface area contributed by atoms with Crippen LogP contribution in [0.15, 0.2) is 58.5 Å². The van der Waals surface area contributed by atoms with Gasteiger partial charge in [-0.15, -0.1) is 0 Å². The molecular formula is C19H21FN2O4S. The molecule has 0 fully saturated rings. The molecule has 0 saturated carbocycles. The Morgan fingerprint density at radius 1 is 1.11 bits per heavy atom. The van der Waals surface area contributed by atoms with Crippen LogP contribution in [0.3, 0.4) is 0 Å². The molecule has 0 heterocycles. The lowest BCUT2D eigenvalue weighted by Gasteiger charge is -2.08. The van der Waals surface area contributed by atoms with Crippen LogP contribution in [0.2, 0.25) is 0 Å². The molecule has 0 aliphatic heterocycles. The molecule has 0 aliphatic carbocycles. The smallest absolute Gasteiger partial charge is 0.354 e. The van der Waals surface area contributed by atoms with E-state index in [9.17, 15) is 17.6 Å². The van der Waals surface area contributed by atoms with Crippen molar-refractivity contribution in [1.29, 1.82) is 0 Å². The molecule has 0 bridgehead atoms. The van der Waals surface area contributed by atoms with E-state index in [-0.39, 0.29) is 29.5 Å². The van der Waals surface area contributed by atoms with E-state index >= 15 is 0 Å². The van der Waals surface area contributed by atoms with Crippen LogP contribution in [0.4, 0.5) is 4.39 Å². The summed E-state index contributed by atoms with van der Waals surface area (Å²) in [5, 5.41) is 3.78. The van der Waals surface area contributed by atoms with E-state index in [1.54, 1.807) is 31.2 Å². The zero-order valence-corrected chi connectivity index (χ0v) is 15.9. The molecular weight excluding hydrogens is 371 g/mol. The number of nitrogens with zero attached hydrogens (tertiary/aromatic N) is 1. The van der Waals surface area contributed by atoms with Crippen LogP contribution in [-0.4, -0.2) is 26.7 Å². The number of nitrogens with one attached hydrogen (secondary N) is 1. The molecule has 0 radical (unpaired) electrons. The number of rotatable bonds is 8. The summed E-state index contributed by atoms with van der Waals surface area (Å²) in [6, 6.07) is 12.1. The highest BCUT2D eigenvalue weighted by atomic mass is 32.2. The minimum Gasteiger partial charge on any atom is -0.461 e. The second-order valence-corrected chi connectivity index (χ2v) is 7.47. The van der Waals surface area contributed by atoms with E-state index in [1.807, 2.05) is 6.92 Å². The third kappa shape index (κ3) is 6.18. The Kier molecular flexibility index (Phi) is 7.06. The van der Waals surface area contributed by atoms with Gasteiger partial charge in [-0.25, -0.2) is 9.18 Å². The van der Waals surface area contributed by atoms with Crippen molar-refractivity contribution < 1.29 is 22.3 Å². The quantitative estimate of drug-likeness (QED) is 0.425. The van der Waals surface area contributed by atoms with Crippen molar-refractivity contribution in [2.24, 2.45) is 5.10 Å². The normalized spacial score (nSPS) is 11.9. The molecule has 2 aromatic carbocycles. The van der Waals surface area contributed by atoms with Crippen LogP contribution in [-0.2, 0) is 26.0 Å². The molecule has 0 saturated heterocycles. The van der Waals surface area contributed by atoms with Gasteiger partial charge in [0.2, 0.25) is 0 Å². The molecule has 6 nitrogen and oxygen atoms in total. The van der Waals surface area contributed by atoms with E-state index in [4.69, 9.17) is 4.74 Å². The minimum atomic E-state index is -3.90. The largest absolute Gasteiger partial charge is 0.461 e. The van der Waals surface area contributed by atoms with E-state index in [0.717, 1.165) is 11.1 Å². The van der Waals surface area contributed by atoms with Gasteiger partial charge in [0, 0.05) is 6.42 Å². The van der Waals surface area contributed by atoms with E-state index in [2.05, 4.69) is 9.93 Å². The first-order valence-electron chi connectivity index (χ1n) is 8.38. The fraction of sp³-hybridized carbons (Fsp3) is 0.263. The van der Waals surface area contributed by atoms with Gasteiger partial charge in [0.05, 0.1) is 11.5 Å². The van der Waals surface area contributed by atoms with Crippen molar-refractivity contribution in [3.05, 3.63) is 65.5 Å². The topological polar surface area (TPSA) is 84.8 Å². The molecule has 0 aliphatic rings. The number of benzene rings is 2. The number of aryl methyl sites for hydroxylation is 2. The van der Waals surface area contributed by atoms with Gasteiger partial charge in [-0.2, -0.15) is 18.4 Å². The SMILES string of the molecule is CCOC(=O)/C(CCc1ccc(F)cc1)=N\NS(=O)(=O)c1ccc(C)cc1. The Labute approximate surface area is 158 Å². The standard InChI is InChI=1S/C19H21FN2O4S/c1-3-26-19(23)18(13-8-15-6-9-16(20)10-7-15)21-22-27(24,25)17-11-4-14(2)5-12-17/h4-7,9-12,22H,3,8,13H2,1-2H3/b21-18-. The van der Waals surface area contributed by atoms with Crippen molar-refractivity contribution in [3.8, 4) is 0 Å². The number of ether oxygens (including phenoxy) is 1. The van der Waals surface area contributed by atoms with E-state index < -0.39 is 16.0 Å². The Morgan fingerprint density at radius 2 is 1.74 bits per heavy atom. The summed E-state index contributed by atoms with van der Waals surface area (Å²) < 4.78 is 42.6. The van der Waals surface area contributed by atoms with Gasteiger partial charge in [-0.05, 0) is 50.1 Å². The van der Waals surface area contributed by atoms with Crippen LogP contribution in [0.1, 0.15) is 24.5 Å². The minimum absolute atomic E-state index is 0.0404. The molecule has 0 spiro atoms. The van der Waals surface area contributed by atoms with Crippen LogP contribution >= 0.6 is 0 Å². The van der Waals surface area contributed by atoms with Gasteiger partial charge >= 0.3 is 5.97 Å². The fourth-order valence-electron chi connectivity index (χ4n) is 2.22.